The maximum absolute atomic E-state index is 9.94. The summed E-state index contributed by atoms with van der Waals surface area (Å²) in [6.07, 6.45) is 32.5. The molecule has 0 saturated heterocycles. The molecule has 0 aromatic carbocycles. The Labute approximate surface area is 186 Å². The molecule has 0 radical (unpaired) electrons. The highest BCUT2D eigenvalue weighted by Gasteiger charge is 2.29. The van der Waals surface area contributed by atoms with Crippen molar-refractivity contribution >= 4 is 9.16 Å². The third-order valence-electron chi connectivity index (χ3n) is 6.80. The second-order valence-electron chi connectivity index (χ2n) is 10.6. The van der Waals surface area contributed by atoms with E-state index in [-0.39, 0.29) is 0 Å². The van der Waals surface area contributed by atoms with E-state index in [4.69, 9.17) is 0 Å². The van der Waals surface area contributed by atoms with Crippen LogP contribution in [0.15, 0.2) is 0 Å². The maximum atomic E-state index is 9.94. The molecule has 176 valence electrons. The minimum atomic E-state index is -2.08. The number of thiol groups is 1. The molecule has 0 bridgehead atoms. The monoisotopic (exact) mass is 427 g/mol. The number of nitriles is 1. The number of hydrogen-bond donors (Lipinski definition) is 1. The van der Waals surface area contributed by atoms with Crippen molar-refractivity contribution in [1.82, 2.24) is 0 Å². The number of nitrogens with zero attached hydrogens (tertiary/aromatic N) is 1. The van der Waals surface area contributed by atoms with E-state index in [1.54, 1.807) is 0 Å². The van der Waals surface area contributed by atoms with Gasteiger partial charge in [0, 0.05) is 0 Å². The summed E-state index contributed by atoms with van der Waals surface area (Å²) in [5.74, 6) is 2.41. The van der Waals surface area contributed by atoms with Crippen LogP contribution in [0, 0.1) is 10.7 Å². The van der Waals surface area contributed by atoms with E-state index >= 15 is 0 Å². The highest BCUT2D eigenvalue weighted by Crippen LogP contribution is 2.63. The van der Waals surface area contributed by atoms with E-state index in [0.29, 0.717) is 0 Å². The molecule has 0 atom stereocenters. The van der Waals surface area contributed by atoms with Gasteiger partial charge in [0.25, 0.3) is 0 Å². The van der Waals surface area contributed by atoms with Crippen molar-refractivity contribution in [3.8, 4) is 5.40 Å². The van der Waals surface area contributed by atoms with Gasteiger partial charge in [0.05, 0.1) is 5.40 Å². The molecule has 0 aliphatic heterocycles. The van der Waals surface area contributed by atoms with Gasteiger partial charge in [-0.05, 0) is 36.9 Å². The first-order valence-electron chi connectivity index (χ1n) is 13.4. The number of hydrogen-bond acceptors (Lipinski definition) is 1. The lowest BCUT2D eigenvalue weighted by Crippen LogP contribution is -2.21. The van der Waals surface area contributed by atoms with Gasteiger partial charge in [0.15, 0.2) is 0 Å². The van der Waals surface area contributed by atoms with Gasteiger partial charge in [0.1, 0.15) is 0 Å². The van der Waals surface area contributed by atoms with Crippen LogP contribution in [0.5, 0.6) is 0 Å². The number of unbranched alkanes of at least 4 members (excludes halogenated alkanes) is 18. The quantitative estimate of drug-likeness (QED) is 0.104. The third kappa shape index (κ3) is 18.3. The molecule has 0 rings (SSSR count). The van der Waals surface area contributed by atoms with Crippen molar-refractivity contribution in [1.29, 1.82) is 5.26 Å². The zero-order valence-corrected chi connectivity index (χ0v) is 21.8. The van der Waals surface area contributed by atoms with Gasteiger partial charge in [-0.25, -0.2) is 9.16 Å². The molecular weight excluding hydrogens is 370 g/mol. The first kappa shape index (κ1) is 28.8. The van der Waals surface area contributed by atoms with Crippen LogP contribution in [-0.4, -0.2) is 24.0 Å². The van der Waals surface area contributed by atoms with E-state index in [2.05, 4.69) is 31.8 Å². The molecule has 0 fully saturated rings. The van der Waals surface area contributed by atoms with Gasteiger partial charge >= 0.3 is 0 Å². The van der Waals surface area contributed by atoms with Crippen LogP contribution in [0.4, 0.5) is 0 Å². The SMILES string of the molecule is CCCCCCCCCCCC[SH](C)(C)(C#N)CCCCCCCCCCCC. The summed E-state index contributed by atoms with van der Waals surface area (Å²) in [6.45, 7) is 4.57. The molecule has 0 N–H and O–H groups in total. The molecule has 0 spiro atoms. The van der Waals surface area contributed by atoms with Gasteiger partial charge in [-0.2, -0.15) is 5.26 Å². The number of thiocyanates is 1. The minimum absolute atomic E-state index is 1.20. The molecule has 0 heterocycles. The fraction of sp³-hybridized carbons (Fsp3) is 0.963. The molecule has 0 aromatic rings. The molecular formula is C27H57NS. The largest absolute Gasteiger partial charge is 0.216 e. The molecule has 0 aliphatic carbocycles. The highest BCUT2D eigenvalue weighted by atomic mass is 32.3. The second-order valence-corrected chi connectivity index (χ2v) is 17.1. The molecule has 0 saturated carbocycles. The zero-order valence-electron chi connectivity index (χ0n) is 21.0. The van der Waals surface area contributed by atoms with Gasteiger partial charge in [-0.1, -0.05) is 129 Å². The van der Waals surface area contributed by atoms with Gasteiger partial charge in [-0.3, -0.25) is 0 Å². The van der Waals surface area contributed by atoms with Crippen LogP contribution in [0.3, 0.4) is 0 Å². The summed E-state index contributed by atoms with van der Waals surface area (Å²) >= 11 is 0. The first-order chi connectivity index (χ1) is 14.0. The average Bonchev–Trinajstić information content (AvgIpc) is 2.71. The van der Waals surface area contributed by atoms with E-state index in [9.17, 15) is 5.26 Å². The Balaban J connectivity index is 3.69. The Hall–Kier alpha value is -0.160. The van der Waals surface area contributed by atoms with Gasteiger partial charge in [-0.15, -0.1) is 0 Å². The summed E-state index contributed by atoms with van der Waals surface area (Å²) in [5.41, 5.74) is 0. The summed E-state index contributed by atoms with van der Waals surface area (Å²) in [6, 6.07) is 0. The Morgan fingerprint density at radius 1 is 0.448 bits per heavy atom. The van der Waals surface area contributed by atoms with Crippen LogP contribution in [0.2, 0.25) is 0 Å². The Morgan fingerprint density at radius 3 is 0.931 bits per heavy atom. The van der Waals surface area contributed by atoms with Crippen LogP contribution in [0.25, 0.3) is 0 Å². The summed E-state index contributed by atoms with van der Waals surface area (Å²) in [5, 5.41) is 12.8. The Morgan fingerprint density at radius 2 is 0.690 bits per heavy atom. The average molecular weight is 428 g/mol. The Bertz CT molecular complexity index is 368. The third-order valence-corrected chi connectivity index (χ3v) is 11.0. The topological polar surface area (TPSA) is 23.8 Å². The lowest BCUT2D eigenvalue weighted by atomic mass is 10.1. The van der Waals surface area contributed by atoms with Crippen molar-refractivity contribution in [2.24, 2.45) is 0 Å². The highest BCUT2D eigenvalue weighted by molar-refractivity contribution is 8.52. The van der Waals surface area contributed by atoms with E-state index in [0.717, 1.165) is 0 Å². The van der Waals surface area contributed by atoms with E-state index < -0.39 is 9.16 Å². The zero-order chi connectivity index (χ0) is 21.7. The van der Waals surface area contributed by atoms with Crippen molar-refractivity contribution < 1.29 is 0 Å². The molecule has 0 aromatic heterocycles. The summed E-state index contributed by atoms with van der Waals surface area (Å²) in [7, 11) is -2.08. The summed E-state index contributed by atoms with van der Waals surface area (Å²) < 4.78 is 0. The smallest absolute Gasteiger partial charge is 0.0957 e. The summed E-state index contributed by atoms with van der Waals surface area (Å²) in [4.78, 5) is 0. The van der Waals surface area contributed by atoms with Crippen molar-refractivity contribution in [3.63, 3.8) is 0 Å². The molecule has 0 unspecified atom stereocenters. The van der Waals surface area contributed by atoms with Gasteiger partial charge in [0.2, 0.25) is 0 Å². The van der Waals surface area contributed by atoms with Gasteiger partial charge < -0.3 is 0 Å². The molecule has 2 heteroatoms. The lowest BCUT2D eigenvalue weighted by molar-refractivity contribution is 0.561. The van der Waals surface area contributed by atoms with Crippen molar-refractivity contribution in [3.05, 3.63) is 0 Å². The van der Waals surface area contributed by atoms with Crippen LogP contribution < -0.4 is 0 Å². The fourth-order valence-electron chi connectivity index (χ4n) is 4.42. The predicted molar refractivity (Wildman–Crippen MR) is 140 cm³/mol. The van der Waals surface area contributed by atoms with E-state index in [1.807, 2.05) is 0 Å². The van der Waals surface area contributed by atoms with Crippen molar-refractivity contribution in [2.75, 3.05) is 24.0 Å². The van der Waals surface area contributed by atoms with Crippen LogP contribution >= 0.6 is 9.16 Å². The first-order valence-corrected chi connectivity index (χ1v) is 16.9. The maximum Gasteiger partial charge on any atom is 0.0957 e. The number of rotatable bonds is 22. The van der Waals surface area contributed by atoms with Crippen LogP contribution in [0.1, 0.15) is 142 Å². The molecule has 1 nitrogen and oxygen atoms in total. The second kappa shape index (κ2) is 18.6. The standard InChI is InChI=1S/C27H57NS/c1-5-7-9-11-13-15-17-19-21-23-25-29(3,4,27-28)26-24-22-20-18-16-14-12-10-8-6-2/h29H,5-26H2,1-4H3. The van der Waals surface area contributed by atoms with E-state index in [1.165, 1.54) is 140 Å². The predicted octanol–water partition coefficient (Wildman–Crippen LogP) is 9.64. The van der Waals surface area contributed by atoms with Crippen LogP contribution in [-0.2, 0) is 0 Å². The lowest BCUT2D eigenvalue weighted by Gasteiger charge is -2.48. The molecule has 0 amide bonds. The molecule has 0 aliphatic rings. The van der Waals surface area contributed by atoms with Crippen molar-refractivity contribution in [2.45, 2.75) is 142 Å². The molecule has 29 heavy (non-hydrogen) atoms. The fourth-order valence-corrected chi connectivity index (χ4v) is 7.32. The normalized spacial score (nSPS) is 13.1. The Kier molecular flexibility index (Phi) is 18.5. The minimum Gasteiger partial charge on any atom is -0.216 e.